The Bertz CT molecular complexity index is 444. The van der Waals surface area contributed by atoms with Gasteiger partial charge in [-0.05, 0) is 12.1 Å². The monoisotopic (exact) mass is 246 g/mol. The predicted molar refractivity (Wildman–Crippen MR) is 44.4 cm³/mol. The summed E-state index contributed by atoms with van der Waals surface area (Å²) in [6.45, 7) is 0. The van der Waals surface area contributed by atoms with Crippen molar-refractivity contribution >= 4 is 31.3 Å². The van der Waals surface area contributed by atoms with Crippen LogP contribution in [0.5, 0.6) is 0 Å². The van der Waals surface area contributed by atoms with Crippen LogP contribution in [0.1, 0.15) is 0 Å². The van der Waals surface area contributed by atoms with Crippen molar-refractivity contribution in [2.45, 2.75) is 4.90 Å². The van der Waals surface area contributed by atoms with Crippen LogP contribution in [0.15, 0.2) is 17.0 Å². The van der Waals surface area contributed by atoms with Gasteiger partial charge in [0.2, 0.25) is 0 Å². The van der Waals surface area contributed by atoms with Crippen LogP contribution in [-0.2, 0) is 9.05 Å². The Morgan fingerprint density at radius 1 is 1.23 bits per heavy atom. The molecule has 0 saturated carbocycles. The van der Waals surface area contributed by atoms with Crippen molar-refractivity contribution in [2.75, 3.05) is 0 Å². The van der Waals surface area contributed by atoms with Crippen molar-refractivity contribution in [1.82, 2.24) is 0 Å². The van der Waals surface area contributed by atoms with Crippen molar-refractivity contribution in [3.8, 4) is 0 Å². The van der Waals surface area contributed by atoms with E-state index in [9.17, 15) is 17.2 Å². The van der Waals surface area contributed by atoms with Gasteiger partial charge < -0.3 is 0 Å². The minimum absolute atomic E-state index is 0.462. The van der Waals surface area contributed by atoms with Gasteiger partial charge in [-0.1, -0.05) is 11.6 Å². The highest BCUT2D eigenvalue weighted by Gasteiger charge is 2.19. The fourth-order valence-corrected chi connectivity index (χ4v) is 1.89. The summed E-state index contributed by atoms with van der Waals surface area (Å²) in [7, 11) is 0.509. The van der Waals surface area contributed by atoms with E-state index < -0.39 is 30.6 Å². The van der Waals surface area contributed by atoms with Crippen molar-refractivity contribution in [2.24, 2.45) is 0 Å². The molecule has 0 bridgehead atoms. The van der Waals surface area contributed by atoms with Gasteiger partial charge in [0, 0.05) is 10.7 Å². The zero-order valence-electron chi connectivity index (χ0n) is 5.89. The van der Waals surface area contributed by atoms with Gasteiger partial charge in [0.25, 0.3) is 9.05 Å². The maximum atomic E-state index is 12.9. The number of hydrogen-bond donors (Lipinski definition) is 0. The van der Waals surface area contributed by atoms with E-state index in [1.807, 2.05) is 0 Å². The Hall–Kier alpha value is -0.390. The van der Waals surface area contributed by atoms with Crippen LogP contribution in [0.4, 0.5) is 8.78 Å². The first kappa shape index (κ1) is 10.7. The van der Waals surface area contributed by atoms with Crippen molar-refractivity contribution in [3.05, 3.63) is 28.8 Å². The highest BCUT2D eigenvalue weighted by Crippen LogP contribution is 2.25. The molecule has 13 heavy (non-hydrogen) atoms. The highest BCUT2D eigenvalue weighted by molar-refractivity contribution is 8.13. The van der Waals surface area contributed by atoms with E-state index >= 15 is 0 Å². The van der Waals surface area contributed by atoms with E-state index in [0.29, 0.717) is 12.1 Å². The van der Waals surface area contributed by atoms with Crippen LogP contribution in [0, 0.1) is 11.6 Å². The van der Waals surface area contributed by atoms with Crippen LogP contribution in [0.25, 0.3) is 0 Å². The third-order valence-electron chi connectivity index (χ3n) is 1.22. The van der Waals surface area contributed by atoms with Gasteiger partial charge in [0.05, 0.1) is 5.02 Å². The Balaban J connectivity index is 3.56. The molecule has 0 amide bonds. The molecule has 1 rings (SSSR count). The molecule has 0 aliphatic rings. The Labute approximate surface area is 82.5 Å². The second-order valence-electron chi connectivity index (χ2n) is 2.14. The van der Waals surface area contributed by atoms with E-state index in [4.69, 9.17) is 22.3 Å². The molecule has 0 heterocycles. The maximum absolute atomic E-state index is 12.9. The summed E-state index contributed by atoms with van der Waals surface area (Å²) in [6.07, 6.45) is 0. The lowest BCUT2D eigenvalue weighted by Gasteiger charge is -2.00. The zero-order valence-corrected chi connectivity index (χ0v) is 8.22. The van der Waals surface area contributed by atoms with Gasteiger partial charge in [0.15, 0.2) is 5.82 Å². The molecule has 0 N–H and O–H groups in total. The Morgan fingerprint density at radius 3 is 2.23 bits per heavy atom. The van der Waals surface area contributed by atoms with Crippen LogP contribution < -0.4 is 0 Å². The molecule has 7 heteroatoms. The molecule has 0 aliphatic heterocycles. The molecule has 1 aromatic rings. The molecular formula is C6H2Cl2F2O2S. The third-order valence-corrected chi connectivity index (χ3v) is 2.82. The molecule has 0 saturated heterocycles. The normalized spacial score (nSPS) is 11.7. The lowest BCUT2D eigenvalue weighted by atomic mass is 10.3. The van der Waals surface area contributed by atoms with Crippen molar-refractivity contribution in [1.29, 1.82) is 0 Å². The molecule has 0 atom stereocenters. The molecular weight excluding hydrogens is 245 g/mol. The summed E-state index contributed by atoms with van der Waals surface area (Å²) in [5.41, 5.74) is 0. The number of rotatable bonds is 1. The molecule has 0 spiro atoms. The summed E-state index contributed by atoms with van der Waals surface area (Å²) in [5.74, 6) is -2.22. The van der Waals surface area contributed by atoms with Crippen LogP contribution in [0.2, 0.25) is 5.02 Å². The molecule has 0 fully saturated rings. The summed E-state index contributed by atoms with van der Waals surface area (Å²) in [6, 6.07) is 1.12. The minimum Gasteiger partial charge on any atom is -0.207 e. The summed E-state index contributed by atoms with van der Waals surface area (Å²) >= 11 is 5.19. The molecule has 1 aromatic carbocycles. The van der Waals surface area contributed by atoms with E-state index in [0.717, 1.165) is 0 Å². The average Bonchev–Trinajstić information content (AvgIpc) is 1.94. The second-order valence-corrected chi connectivity index (χ2v) is 5.08. The topological polar surface area (TPSA) is 34.1 Å². The molecule has 0 unspecified atom stereocenters. The van der Waals surface area contributed by atoms with E-state index in [-0.39, 0.29) is 0 Å². The first-order valence-corrected chi connectivity index (χ1v) is 5.60. The minimum atomic E-state index is -4.31. The first-order valence-electron chi connectivity index (χ1n) is 2.91. The van der Waals surface area contributed by atoms with Crippen LogP contribution >= 0.6 is 22.3 Å². The van der Waals surface area contributed by atoms with Gasteiger partial charge in [-0.2, -0.15) is 0 Å². The SMILES string of the molecule is O=S(=O)(Cl)c1cc(F)cc(Cl)c1F. The number of benzene rings is 1. The third kappa shape index (κ3) is 2.30. The molecule has 2 nitrogen and oxygen atoms in total. The Morgan fingerprint density at radius 2 is 1.77 bits per heavy atom. The maximum Gasteiger partial charge on any atom is 0.264 e. The Kier molecular flexibility index (Phi) is 2.79. The lowest BCUT2D eigenvalue weighted by Crippen LogP contribution is -1.97. The van der Waals surface area contributed by atoms with E-state index in [1.165, 1.54) is 0 Å². The second kappa shape index (κ2) is 3.40. The van der Waals surface area contributed by atoms with Gasteiger partial charge in [-0.3, -0.25) is 0 Å². The average molecular weight is 247 g/mol. The highest BCUT2D eigenvalue weighted by atomic mass is 35.7. The lowest BCUT2D eigenvalue weighted by molar-refractivity contribution is 0.559. The van der Waals surface area contributed by atoms with E-state index in [1.54, 1.807) is 0 Å². The molecule has 0 aliphatic carbocycles. The molecule has 72 valence electrons. The summed E-state index contributed by atoms with van der Waals surface area (Å²) < 4.78 is 46.8. The van der Waals surface area contributed by atoms with Crippen molar-refractivity contribution in [3.63, 3.8) is 0 Å². The number of halogens is 4. The zero-order chi connectivity index (χ0) is 10.2. The molecule has 0 radical (unpaired) electrons. The van der Waals surface area contributed by atoms with Gasteiger partial charge in [-0.15, -0.1) is 0 Å². The summed E-state index contributed by atoms with van der Waals surface area (Å²) in [4.78, 5) is -0.959. The van der Waals surface area contributed by atoms with Crippen LogP contribution in [0.3, 0.4) is 0 Å². The molecule has 0 aromatic heterocycles. The number of hydrogen-bond acceptors (Lipinski definition) is 2. The van der Waals surface area contributed by atoms with Gasteiger partial charge in [-0.25, -0.2) is 17.2 Å². The fraction of sp³-hybridized carbons (Fsp3) is 0. The largest absolute Gasteiger partial charge is 0.264 e. The van der Waals surface area contributed by atoms with Crippen LogP contribution in [-0.4, -0.2) is 8.42 Å². The first-order chi connectivity index (χ1) is 5.82. The smallest absolute Gasteiger partial charge is 0.207 e. The van der Waals surface area contributed by atoms with Gasteiger partial charge in [0.1, 0.15) is 10.7 Å². The van der Waals surface area contributed by atoms with E-state index in [2.05, 4.69) is 0 Å². The fourth-order valence-electron chi connectivity index (χ4n) is 0.710. The van der Waals surface area contributed by atoms with Crippen molar-refractivity contribution < 1.29 is 17.2 Å². The van der Waals surface area contributed by atoms with Gasteiger partial charge >= 0.3 is 0 Å². The summed E-state index contributed by atoms with van der Waals surface area (Å²) in [5, 5.41) is -0.626. The predicted octanol–water partition coefficient (Wildman–Crippen LogP) is 2.55. The standard InChI is InChI=1S/C6H2Cl2F2O2S/c7-4-1-3(9)2-5(6(4)10)13(8,11)12/h1-2H. The quantitative estimate of drug-likeness (QED) is 0.564.